The van der Waals surface area contributed by atoms with Crippen LogP contribution in [0.3, 0.4) is 0 Å². The van der Waals surface area contributed by atoms with E-state index in [1.54, 1.807) is 0 Å². The van der Waals surface area contributed by atoms with Crippen LogP contribution >= 0.6 is 0 Å². The van der Waals surface area contributed by atoms with Crippen LogP contribution in [0.15, 0.2) is 0 Å². The number of aliphatic hydroxyl groups is 1. The molecule has 0 spiro atoms. The van der Waals surface area contributed by atoms with Gasteiger partial charge >= 0.3 is 0 Å². The Hall–Kier alpha value is -0.170. The molecule has 0 amide bonds. The van der Waals surface area contributed by atoms with Gasteiger partial charge in [0, 0.05) is 12.6 Å². The molecule has 6 heteroatoms. The summed E-state index contributed by atoms with van der Waals surface area (Å²) in [5.41, 5.74) is 0. The second-order valence-corrected chi connectivity index (χ2v) is 7.73. The highest BCUT2D eigenvalue weighted by Crippen LogP contribution is 2.31. The van der Waals surface area contributed by atoms with Crippen molar-refractivity contribution < 1.29 is 13.5 Å². The van der Waals surface area contributed by atoms with E-state index in [0.29, 0.717) is 12.0 Å². The van der Waals surface area contributed by atoms with Crippen LogP contribution in [0.4, 0.5) is 0 Å². The van der Waals surface area contributed by atoms with Crippen LogP contribution in [-0.4, -0.2) is 67.8 Å². The molecule has 0 radical (unpaired) electrons. The lowest BCUT2D eigenvalue weighted by atomic mass is 9.90. The van der Waals surface area contributed by atoms with Crippen molar-refractivity contribution in [1.82, 2.24) is 10.2 Å². The van der Waals surface area contributed by atoms with Gasteiger partial charge in [0.1, 0.15) is 0 Å². The molecule has 3 rings (SSSR count). The van der Waals surface area contributed by atoms with Crippen molar-refractivity contribution in [3.05, 3.63) is 0 Å². The van der Waals surface area contributed by atoms with Crippen molar-refractivity contribution >= 4 is 9.84 Å². The molecule has 0 aromatic heterocycles. The number of hydrogen-bond acceptors (Lipinski definition) is 5. The Kier molecular flexibility index (Phi) is 2.93. The fourth-order valence-electron chi connectivity index (χ4n) is 3.64. The zero-order chi connectivity index (χ0) is 12.0. The summed E-state index contributed by atoms with van der Waals surface area (Å²) in [7, 11) is -3.03. The summed E-state index contributed by atoms with van der Waals surface area (Å²) in [6.45, 7) is 2.91. The van der Waals surface area contributed by atoms with Crippen LogP contribution in [-0.2, 0) is 9.84 Å². The van der Waals surface area contributed by atoms with Gasteiger partial charge in [-0.2, -0.15) is 0 Å². The minimum atomic E-state index is -3.03. The molecule has 3 heterocycles. The van der Waals surface area contributed by atoms with E-state index in [9.17, 15) is 13.5 Å². The Morgan fingerprint density at radius 2 is 2.00 bits per heavy atom. The molecule has 3 fully saturated rings. The van der Waals surface area contributed by atoms with Crippen molar-refractivity contribution in [2.24, 2.45) is 5.92 Å². The Morgan fingerprint density at radius 1 is 1.18 bits per heavy atom. The highest BCUT2D eigenvalue weighted by molar-refractivity contribution is 7.91. The Bertz CT molecular complexity index is 398. The second-order valence-electron chi connectivity index (χ2n) is 5.58. The van der Waals surface area contributed by atoms with E-state index in [-0.39, 0.29) is 17.5 Å². The molecule has 17 heavy (non-hydrogen) atoms. The summed E-state index contributed by atoms with van der Waals surface area (Å²) < 4.78 is 23.2. The van der Waals surface area contributed by atoms with Gasteiger partial charge in [-0.05, 0) is 31.8 Å². The average Bonchev–Trinajstić information content (AvgIpc) is 2.81. The molecule has 0 aliphatic carbocycles. The second kappa shape index (κ2) is 4.19. The zero-order valence-corrected chi connectivity index (χ0v) is 10.7. The third-order valence-corrected chi connectivity index (χ3v) is 6.14. The summed E-state index contributed by atoms with van der Waals surface area (Å²) in [5, 5.41) is 13.3. The smallest absolute Gasteiger partial charge is 0.154 e. The molecule has 3 saturated heterocycles. The zero-order valence-electron chi connectivity index (χ0n) is 9.88. The third kappa shape index (κ3) is 2.12. The first kappa shape index (κ1) is 11.9. The maximum atomic E-state index is 11.6. The fourth-order valence-corrected chi connectivity index (χ4v) is 5.46. The number of fused-ring (bicyclic) bond motifs is 1. The standard InChI is InChI=1S/C11H20N2O3S/c14-11-7-17(15,16)6-10(11)13-3-1-2-8-4-12-5-9(8)13/h8-12,14H,1-7H2. The van der Waals surface area contributed by atoms with Crippen molar-refractivity contribution in [2.75, 3.05) is 31.1 Å². The number of nitrogens with one attached hydrogen (secondary N) is 1. The Morgan fingerprint density at radius 3 is 2.71 bits per heavy atom. The monoisotopic (exact) mass is 260 g/mol. The third-order valence-electron chi connectivity index (χ3n) is 4.44. The molecule has 3 aliphatic heterocycles. The Balaban J connectivity index is 1.79. The first-order chi connectivity index (χ1) is 8.07. The molecule has 0 aromatic rings. The first-order valence-electron chi connectivity index (χ1n) is 6.42. The van der Waals surface area contributed by atoms with Gasteiger partial charge in [-0.25, -0.2) is 8.42 Å². The van der Waals surface area contributed by atoms with Crippen LogP contribution < -0.4 is 5.32 Å². The summed E-state index contributed by atoms with van der Waals surface area (Å²) in [4.78, 5) is 2.25. The minimum absolute atomic E-state index is 0.0566. The number of piperidine rings is 1. The van der Waals surface area contributed by atoms with Crippen LogP contribution in [0, 0.1) is 5.92 Å². The number of rotatable bonds is 1. The number of aliphatic hydroxyl groups excluding tert-OH is 1. The van der Waals surface area contributed by atoms with Gasteiger partial charge in [-0.3, -0.25) is 4.90 Å². The van der Waals surface area contributed by atoms with Gasteiger partial charge in [0.05, 0.1) is 23.7 Å². The summed E-state index contributed by atoms with van der Waals surface area (Å²) in [5.74, 6) is 0.718. The van der Waals surface area contributed by atoms with Crippen molar-refractivity contribution in [3.8, 4) is 0 Å². The summed E-state index contributed by atoms with van der Waals surface area (Å²) >= 11 is 0. The van der Waals surface area contributed by atoms with E-state index in [2.05, 4.69) is 10.2 Å². The molecule has 2 N–H and O–H groups in total. The highest BCUT2D eigenvalue weighted by atomic mass is 32.2. The SMILES string of the molecule is O=S1(=O)CC(O)C(N2CCCC3CNCC32)C1. The minimum Gasteiger partial charge on any atom is -0.390 e. The van der Waals surface area contributed by atoms with Gasteiger partial charge in [0.25, 0.3) is 0 Å². The topological polar surface area (TPSA) is 69.6 Å². The molecule has 5 nitrogen and oxygen atoms in total. The number of nitrogens with zero attached hydrogens (tertiary/aromatic N) is 1. The van der Waals surface area contributed by atoms with Crippen LogP contribution in [0.5, 0.6) is 0 Å². The first-order valence-corrected chi connectivity index (χ1v) is 8.24. The van der Waals surface area contributed by atoms with Gasteiger partial charge in [-0.15, -0.1) is 0 Å². The van der Waals surface area contributed by atoms with E-state index in [4.69, 9.17) is 0 Å². The molecule has 0 aromatic carbocycles. The van der Waals surface area contributed by atoms with E-state index < -0.39 is 15.9 Å². The van der Waals surface area contributed by atoms with E-state index in [0.717, 1.165) is 26.1 Å². The van der Waals surface area contributed by atoms with Crippen LogP contribution in [0.1, 0.15) is 12.8 Å². The lowest BCUT2D eigenvalue weighted by Crippen LogP contribution is -2.54. The predicted molar refractivity (Wildman–Crippen MR) is 64.5 cm³/mol. The van der Waals surface area contributed by atoms with Crippen molar-refractivity contribution in [2.45, 2.75) is 31.0 Å². The lowest BCUT2D eigenvalue weighted by molar-refractivity contribution is 0.0254. The highest BCUT2D eigenvalue weighted by Gasteiger charge is 2.45. The average molecular weight is 260 g/mol. The maximum Gasteiger partial charge on any atom is 0.154 e. The summed E-state index contributed by atoms with van der Waals surface area (Å²) in [6.07, 6.45) is 1.65. The molecular weight excluding hydrogens is 240 g/mol. The molecule has 98 valence electrons. The lowest BCUT2D eigenvalue weighted by Gasteiger charge is -2.41. The maximum absolute atomic E-state index is 11.6. The van der Waals surface area contributed by atoms with Gasteiger partial charge in [0.15, 0.2) is 9.84 Å². The quantitative estimate of drug-likeness (QED) is 0.622. The van der Waals surface area contributed by atoms with E-state index in [1.807, 2.05) is 0 Å². The van der Waals surface area contributed by atoms with Gasteiger partial charge in [0.2, 0.25) is 0 Å². The normalized spacial score (nSPS) is 45.9. The number of likely N-dealkylation sites (tertiary alicyclic amines) is 1. The van der Waals surface area contributed by atoms with Gasteiger partial charge in [-0.1, -0.05) is 0 Å². The Labute approximate surface area is 102 Å². The van der Waals surface area contributed by atoms with Crippen molar-refractivity contribution in [1.29, 1.82) is 0 Å². The van der Waals surface area contributed by atoms with Gasteiger partial charge < -0.3 is 10.4 Å². The molecule has 4 atom stereocenters. The molecule has 0 saturated carbocycles. The van der Waals surface area contributed by atoms with Crippen molar-refractivity contribution in [3.63, 3.8) is 0 Å². The molecule has 3 aliphatic rings. The van der Waals surface area contributed by atoms with Crippen LogP contribution in [0.2, 0.25) is 0 Å². The number of sulfone groups is 1. The van der Waals surface area contributed by atoms with E-state index in [1.165, 1.54) is 6.42 Å². The molecular formula is C11H20N2O3S. The molecule has 0 bridgehead atoms. The largest absolute Gasteiger partial charge is 0.390 e. The summed E-state index contributed by atoms with van der Waals surface area (Å²) in [6, 6.07) is 0.254. The predicted octanol–water partition coefficient (Wildman–Crippen LogP) is -1.17. The molecule has 4 unspecified atom stereocenters. The van der Waals surface area contributed by atoms with Crippen LogP contribution in [0.25, 0.3) is 0 Å². The number of hydrogen-bond donors (Lipinski definition) is 2. The van der Waals surface area contributed by atoms with E-state index >= 15 is 0 Å². The fraction of sp³-hybridized carbons (Fsp3) is 1.00.